The van der Waals surface area contributed by atoms with Gasteiger partial charge in [-0.15, -0.1) is 0 Å². The number of carbonyl (C=O) groups is 1. The third-order valence-corrected chi connectivity index (χ3v) is 2.01. The summed E-state index contributed by atoms with van der Waals surface area (Å²) in [6.07, 6.45) is -0.308. The number of aryl methyl sites for hydroxylation is 1. The van der Waals surface area contributed by atoms with Gasteiger partial charge in [0.25, 0.3) is 0 Å². The van der Waals surface area contributed by atoms with Crippen molar-refractivity contribution in [1.82, 2.24) is 0 Å². The molecule has 0 saturated heterocycles. The summed E-state index contributed by atoms with van der Waals surface area (Å²) in [7, 11) is 0. The number of hydrogen-bond donors (Lipinski definition) is 1. The highest BCUT2D eigenvalue weighted by molar-refractivity contribution is 5.71. The molecule has 1 aromatic rings. The predicted octanol–water partition coefficient (Wildman–Crippen LogP) is 2.55. The highest BCUT2D eigenvalue weighted by Crippen LogP contribution is 2.26. The van der Waals surface area contributed by atoms with Crippen LogP contribution in [0.15, 0.2) is 12.1 Å². The SMILES string of the molecule is Cc1cc(F)cc(CC(=O)O)c1OC(C)C. The molecule has 1 aromatic carbocycles. The lowest BCUT2D eigenvalue weighted by Gasteiger charge is -2.16. The standard InChI is InChI=1S/C12H15FO3/c1-7(2)16-12-8(3)4-10(13)5-9(12)6-11(14)15/h4-5,7H,6H2,1-3H3,(H,14,15). The van der Waals surface area contributed by atoms with Gasteiger partial charge in [-0.2, -0.15) is 0 Å². The normalized spacial score (nSPS) is 10.6. The van der Waals surface area contributed by atoms with Gasteiger partial charge in [-0.1, -0.05) is 0 Å². The molecule has 0 heterocycles. The second-order valence-corrected chi connectivity index (χ2v) is 3.95. The maximum absolute atomic E-state index is 13.1. The minimum Gasteiger partial charge on any atom is -0.490 e. The van der Waals surface area contributed by atoms with Crippen molar-refractivity contribution in [3.05, 3.63) is 29.1 Å². The van der Waals surface area contributed by atoms with E-state index in [4.69, 9.17) is 9.84 Å². The van der Waals surface area contributed by atoms with E-state index in [0.717, 1.165) is 0 Å². The summed E-state index contributed by atoms with van der Waals surface area (Å²) in [6.45, 7) is 5.38. The van der Waals surface area contributed by atoms with Crippen molar-refractivity contribution in [3.8, 4) is 5.75 Å². The first-order valence-corrected chi connectivity index (χ1v) is 5.07. The van der Waals surface area contributed by atoms with Gasteiger partial charge in [0.05, 0.1) is 12.5 Å². The average molecular weight is 226 g/mol. The third-order valence-electron chi connectivity index (χ3n) is 2.01. The van der Waals surface area contributed by atoms with Crippen LogP contribution in [0, 0.1) is 12.7 Å². The van der Waals surface area contributed by atoms with Crippen molar-refractivity contribution in [3.63, 3.8) is 0 Å². The molecule has 0 atom stereocenters. The van der Waals surface area contributed by atoms with Crippen LogP contribution in [0.25, 0.3) is 0 Å². The van der Waals surface area contributed by atoms with Crippen LogP contribution in [0.3, 0.4) is 0 Å². The van der Waals surface area contributed by atoms with Crippen molar-refractivity contribution < 1.29 is 19.0 Å². The molecular formula is C12H15FO3. The molecule has 3 nitrogen and oxygen atoms in total. The van der Waals surface area contributed by atoms with E-state index in [2.05, 4.69) is 0 Å². The predicted molar refractivity (Wildman–Crippen MR) is 58.2 cm³/mol. The zero-order chi connectivity index (χ0) is 12.3. The Balaban J connectivity index is 3.15. The topological polar surface area (TPSA) is 46.5 Å². The molecule has 0 aliphatic rings. The zero-order valence-corrected chi connectivity index (χ0v) is 9.58. The van der Waals surface area contributed by atoms with E-state index >= 15 is 0 Å². The molecule has 0 amide bonds. The lowest BCUT2D eigenvalue weighted by molar-refractivity contribution is -0.136. The van der Waals surface area contributed by atoms with E-state index in [1.807, 2.05) is 13.8 Å². The largest absolute Gasteiger partial charge is 0.490 e. The van der Waals surface area contributed by atoms with Crippen LogP contribution in [-0.2, 0) is 11.2 Å². The van der Waals surface area contributed by atoms with Gasteiger partial charge in [-0.05, 0) is 38.5 Å². The van der Waals surface area contributed by atoms with Crippen molar-refractivity contribution in [2.24, 2.45) is 0 Å². The van der Waals surface area contributed by atoms with Crippen LogP contribution in [0.5, 0.6) is 5.75 Å². The number of carboxylic acids is 1. The number of hydrogen-bond acceptors (Lipinski definition) is 2. The number of carboxylic acid groups (broad SMARTS) is 1. The Morgan fingerprint density at radius 3 is 2.62 bits per heavy atom. The molecule has 0 saturated carbocycles. The number of rotatable bonds is 4. The molecule has 0 radical (unpaired) electrons. The summed E-state index contributed by atoms with van der Waals surface area (Å²) in [5, 5.41) is 8.73. The summed E-state index contributed by atoms with van der Waals surface area (Å²) in [4.78, 5) is 10.7. The molecule has 0 unspecified atom stereocenters. The molecule has 1 N–H and O–H groups in total. The van der Waals surface area contributed by atoms with Gasteiger partial charge in [0.2, 0.25) is 0 Å². The summed E-state index contributed by atoms with van der Waals surface area (Å²) in [6, 6.07) is 2.54. The molecule has 0 aliphatic heterocycles. The number of halogens is 1. The summed E-state index contributed by atoms with van der Waals surface area (Å²) >= 11 is 0. The number of ether oxygens (including phenoxy) is 1. The number of benzene rings is 1. The Hall–Kier alpha value is -1.58. The van der Waals surface area contributed by atoms with E-state index in [9.17, 15) is 9.18 Å². The molecule has 16 heavy (non-hydrogen) atoms. The lowest BCUT2D eigenvalue weighted by atomic mass is 10.1. The van der Waals surface area contributed by atoms with E-state index in [1.165, 1.54) is 12.1 Å². The molecule has 0 bridgehead atoms. The quantitative estimate of drug-likeness (QED) is 0.858. The molecule has 0 fully saturated rings. The van der Waals surface area contributed by atoms with Crippen molar-refractivity contribution in [2.75, 3.05) is 0 Å². The second kappa shape index (κ2) is 4.96. The van der Waals surface area contributed by atoms with Crippen LogP contribution in [0.1, 0.15) is 25.0 Å². The number of aliphatic carboxylic acids is 1. The van der Waals surface area contributed by atoms with Crippen LogP contribution in [-0.4, -0.2) is 17.2 Å². The fourth-order valence-corrected chi connectivity index (χ4v) is 1.50. The Morgan fingerprint density at radius 2 is 2.12 bits per heavy atom. The first-order valence-electron chi connectivity index (χ1n) is 5.07. The van der Waals surface area contributed by atoms with Gasteiger partial charge < -0.3 is 9.84 Å². The Labute approximate surface area is 93.9 Å². The van der Waals surface area contributed by atoms with Crippen LogP contribution in [0.4, 0.5) is 4.39 Å². The minimum atomic E-state index is -1.00. The maximum atomic E-state index is 13.1. The third kappa shape index (κ3) is 3.22. The summed E-state index contributed by atoms with van der Waals surface area (Å²) in [5.41, 5.74) is 0.989. The van der Waals surface area contributed by atoms with Crippen LogP contribution < -0.4 is 4.74 Å². The fourth-order valence-electron chi connectivity index (χ4n) is 1.50. The summed E-state index contributed by atoms with van der Waals surface area (Å²) in [5.74, 6) is -0.970. The summed E-state index contributed by atoms with van der Waals surface area (Å²) < 4.78 is 18.6. The first-order chi connectivity index (χ1) is 7.40. The Kier molecular flexibility index (Phi) is 3.88. The van der Waals surface area contributed by atoms with E-state index in [-0.39, 0.29) is 12.5 Å². The van der Waals surface area contributed by atoms with E-state index < -0.39 is 11.8 Å². The van der Waals surface area contributed by atoms with Gasteiger partial charge >= 0.3 is 5.97 Å². The van der Waals surface area contributed by atoms with Crippen molar-refractivity contribution >= 4 is 5.97 Å². The van der Waals surface area contributed by atoms with Crippen LogP contribution in [0.2, 0.25) is 0 Å². The highest BCUT2D eigenvalue weighted by Gasteiger charge is 2.13. The van der Waals surface area contributed by atoms with Crippen molar-refractivity contribution in [1.29, 1.82) is 0 Å². The van der Waals surface area contributed by atoms with Gasteiger partial charge in [0.1, 0.15) is 11.6 Å². The van der Waals surface area contributed by atoms with E-state index in [1.54, 1.807) is 6.92 Å². The van der Waals surface area contributed by atoms with Gasteiger partial charge in [0.15, 0.2) is 0 Å². The average Bonchev–Trinajstić information content (AvgIpc) is 2.09. The molecule has 0 spiro atoms. The molecule has 88 valence electrons. The van der Waals surface area contributed by atoms with Crippen molar-refractivity contribution in [2.45, 2.75) is 33.3 Å². The zero-order valence-electron chi connectivity index (χ0n) is 9.58. The smallest absolute Gasteiger partial charge is 0.307 e. The Bertz CT molecular complexity index is 399. The molecule has 0 aliphatic carbocycles. The van der Waals surface area contributed by atoms with Gasteiger partial charge in [-0.3, -0.25) is 4.79 Å². The van der Waals surface area contributed by atoms with Crippen LogP contribution >= 0.6 is 0 Å². The highest BCUT2D eigenvalue weighted by atomic mass is 19.1. The van der Waals surface area contributed by atoms with Gasteiger partial charge in [0, 0.05) is 5.56 Å². The second-order valence-electron chi connectivity index (χ2n) is 3.95. The Morgan fingerprint density at radius 1 is 1.50 bits per heavy atom. The lowest BCUT2D eigenvalue weighted by Crippen LogP contribution is -2.11. The molecule has 4 heteroatoms. The molecule has 1 rings (SSSR count). The first kappa shape index (κ1) is 12.5. The molecular weight excluding hydrogens is 211 g/mol. The maximum Gasteiger partial charge on any atom is 0.307 e. The van der Waals surface area contributed by atoms with E-state index in [0.29, 0.717) is 16.9 Å². The molecule has 0 aromatic heterocycles. The van der Waals surface area contributed by atoms with Gasteiger partial charge in [-0.25, -0.2) is 4.39 Å². The minimum absolute atomic E-state index is 0.0725. The fraction of sp³-hybridized carbons (Fsp3) is 0.417. The monoisotopic (exact) mass is 226 g/mol.